The number of amides is 1. The Morgan fingerprint density at radius 3 is 2.80 bits per heavy atom. The van der Waals surface area contributed by atoms with Gasteiger partial charge in [0.1, 0.15) is 12.2 Å². The molecule has 0 saturated heterocycles. The molecule has 3 heterocycles. The molecule has 0 fully saturated rings. The summed E-state index contributed by atoms with van der Waals surface area (Å²) in [5.41, 5.74) is 2.15. The molecule has 0 N–H and O–H groups in total. The van der Waals surface area contributed by atoms with Crippen molar-refractivity contribution in [3.63, 3.8) is 0 Å². The molecule has 148 valence electrons. The van der Waals surface area contributed by atoms with E-state index in [1.807, 2.05) is 24.3 Å². The van der Waals surface area contributed by atoms with Crippen LogP contribution in [-0.2, 0) is 17.9 Å². The van der Waals surface area contributed by atoms with Crippen LogP contribution in [0.4, 0.5) is 5.69 Å². The highest BCUT2D eigenvalue weighted by Gasteiger charge is 2.36. The minimum atomic E-state index is -0.608. The second-order valence-electron chi connectivity index (χ2n) is 6.70. The Kier molecular flexibility index (Phi) is 4.52. The maximum absolute atomic E-state index is 12.6. The summed E-state index contributed by atoms with van der Waals surface area (Å²) in [6.07, 6.45) is 1.60. The Morgan fingerprint density at radius 1 is 1.13 bits per heavy atom. The van der Waals surface area contributed by atoms with Crippen LogP contribution < -0.4 is 4.90 Å². The van der Waals surface area contributed by atoms with Crippen molar-refractivity contribution >= 4 is 60.6 Å². The zero-order valence-electron chi connectivity index (χ0n) is 15.3. The van der Waals surface area contributed by atoms with Gasteiger partial charge in [0.25, 0.3) is 11.7 Å². The van der Waals surface area contributed by atoms with Crippen molar-refractivity contribution in [2.75, 3.05) is 4.90 Å². The van der Waals surface area contributed by atoms with E-state index in [4.69, 9.17) is 0 Å². The van der Waals surface area contributed by atoms with Gasteiger partial charge in [0.05, 0.1) is 34.2 Å². The number of ketones is 2. The highest BCUT2D eigenvalue weighted by molar-refractivity contribution is 9.10. The standard InChI is InChI=1S/C20H12BrN5O3S/c21-11-5-6-15-13(7-11)18(28)20(29)26(15)9-12-8-25(24-23-12)10-16(27)19-22-14-3-1-2-4-17(14)30-19/h1-8H,9-10H2. The number of rotatable bonds is 5. The fourth-order valence-corrected chi connectivity index (χ4v) is 4.54. The van der Waals surface area contributed by atoms with Crippen LogP contribution in [0.5, 0.6) is 0 Å². The van der Waals surface area contributed by atoms with Crippen molar-refractivity contribution in [3.05, 3.63) is 69.4 Å². The molecule has 5 rings (SSSR count). The van der Waals surface area contributed by atoms with E-state index in [9.17, 15) is 14.4 Å². The summed E-state index contributed by atoms with van der Waals surface area (Å²) in [6, 6.07) is 12.7. The Hall–Kier alpha value is -3.24. The molecule has 0 atom stereocenters. The molecule has 1 aliphatic heterocycles. The fraction of sp³-hybridized carbons (Fsp3) is 0.100. The number of nitrogens with zero attached hydrogens (tertiary/aromatic N) is 5. The smallest absolute Gasteiger partial charge is 0.299 e. The molecule has 8 nitrogen and oxygen atoms in total. The molecule has 2 aromatic heterocycles. The molecule has 0 radical (unpaired) electrons. The molecule has 30 heavy (non-hydrogen) atoms. The second kappa shape index (κ2) is 7.22. The first-order chi connectivity index (χ1) is 14.5. The number of anilines is 1. The predicted octanol–water partition coefficient (Wildman–Crippen LogP) is 3.26. The van der Waals surface area contributed by atoms with E-state index in [-0.39, 0.29) is 18.9 Å². The zero-order chi connectivity index (χ0) is 20.8. The summed E-state index contributed by atoms with van der Waals surface area (Å²) >= 11 is 4.65. The Balaban J connectivity index is 1.33. The normalized spacial score (nSPS) is 13.3. The van der Waals surface area contributed by atoms with Crippen molar-refractivity contribution in [2.45, 2.75) is 13.1 Å². The third-order valence-electron chi connectivity index (χ3n) is 4.68. The van der Waals surface area contributed by atoms with Crippen LogP contribution in [0.3, 0.4) is 0 Å². The van der Waals surface area contributed by atoms with E-state index in [0.717, 1.165) is 14.7 Å². The van der Waals surface area contributed by atoms with Crippen LogP contribution in [0, 0.1) is 0 Å². The number of Topliss-reactive ketones (excluding diaryl/α,β-unsaturated/α-hetero) is 2. The highest BCUT2D eigenvalue weighted by Crippen LogP contribution is 2.32. The van der Waals surface area contributed by atoms with E-state index < -0.39 is 11.7 Å². The van der Waals surface area contributed by atoms with Gasteiger partial charge in [-0.2, -0.15) is 0 Å². The Bertz CT molecular complexity index is 1310. The largest absolute Gasteiger partial charge is 0.299 e. The van der Waals surface area contributed by atoms with Crippen LogP contribution >= 0.6 is 27.3 Å². The molecule has 0 unspecified atom stereocenters. The second-order valence-corrected chi connectivity index (χ2v) is 8.65. The molecular formula is C20H12BrN5O3S. The third-order valence-corrected chi connectivity index (χ3v) is 6.25. The number of benzene rings is 2. The van der Waals surface area contributed by atoms with Crippen LogP contribution in [0.25, 0.3) is 10.2 Å². The topological polar surface area (TPSA) is 98.1 Å². The van der Waals surface area contributed by atoms with Gasteiger partial charge >= 0.3 is 0 Å². The minimum absolute atomic E-state index is 0.0107. The quantitative estimate of drug-likeness (QED) is 0.320. The van der Waals surface area contributed by atoms with Gasteiger partial charge in [-0.3, -0.25) is 19.3 Å². The van der Waals surface area contributed by atoms with Gasteiger partial charge in [-0.25, -0.2) is 9.67 Å². The van der Waals surface area contributed by atoms with Crippen LogP contribution in [0.1, 0.15) is 25.9 Å². The predicted molar refractivity (Wildman–Crippen MR) is 114 cm³/mol. The van der Waals surface area contributed by atoms with Gasteiger partial charge in [0.15, 0.2) is 5.01 Å². The molecule has 0 aliphatic carbocycles. The number of fused-ring (bicyclic) bond motifs is 2. The van der Waals surface area contributed by atoms with E-state index in [2.05, 4.69) is 31.2 Å². The summed E-state index contributed by atoms with van der Waals surface area (Å²) < 4.78 is 3.08. The molecule has 0 saturated carbocycles. The molecule has 0 bridgehead atoms. The summed E-state index contributed by atoms with van der Waals surface area (Å²) in [5, 5.41) is 8.44. The lowest BCUT2D eigenvalue weighted by Gasteiger charge is -2.14. The van der Waals surface area contributed by atoms with Crippen molar-refractivity contribution in [2.24, 2.45) is 0 Å². The van der Waals surface area contributed by atoms with E-state index in [0.29, 0.717) is 22.0 Å². The van der Waals surface area contributed by atoms with Crippen LogP contribution in [-0.4, -0.2) is 37.5 Å². The van der Waals surface area contributed by atoms with Gasteiger partial charge in [-0.1, -0.05) is 33.3 Å². The average Bonchev–Trinajstić information content (AvgIpc) is 3.42. The van der Waals surface area contributed by atoms with Crippen LogP contribution in [0.15, 0.2) is 53.1 Å². The maximum atomic E-state index is 12.6. The van der Waals surface area contributed by atoms with Gasteiger partial charge in [0, 0.05) is 4.47 Å². The molecular weight excluding hydrogens is 470 g/mol. The number of para-hydroxylation sites is 1. The molecule has 2 aromatic carbocycles. The number of hydrogen-bond donors (Lipinski definition) is 0. The zero-order valence-corrected chi connectivity index (χ0v) is 17.7. The summed E-state index contributed by atoms with van der Waals surface area (Å²) in [7, 11) is 0. The van der Waals surface area contributed by atoms with E-state index in [1.54, 1.807) is 24.4 Å². The average molecular weight is 482 g/mol. The monoisotopic (exact) mass is 481 g/mol. The van der Waals surface area contributed by atoms with Gasteiger partial charge in [-0.15, -0.1) is 16.4 Å². The number of halogens is 1. The van der Waals surface area contributed by atoms with Crippen molar-refractivity contribution < 1.29 is 14.4 Å². The van der Waals surface area contributed by atoms with Crippen molar-refractivity contribution in [1.82, 2.24) is 20.0 Å². The first kappa shape index (κ1) is 18.8. The van der Waals surface area contributed by atoms with Crippen LogP contribution in [0.2, 0.25) is 0 Å². The lowest BCUT2D eigenvalue weighted by atomic mass is 10.1. The van der Waals surface area contributed by atoms with Gasteiger partial charge in [0.2, 0.25) is 5.78 Å². The molecule has 0 spiro atoms. The minimum Gasteiger partial charge on any atom is -0.299 e. The number of aromatic nitrogens is 4. The summed E-state index contributed by atoms with van der Waals surface area (Å²) in [4.78, 5) is 42.9. The summed E-state index contributed by atoms with van der Waals surface area (Å²) in [5.74, 6) is -1.33. The lowest BCUT2D eigenvalue weighted by Crippen LogP contribution is -2.29. The summed E-state index contributed by atoms with van der Waals surface area (Å²) in [6.45, 7) is 0.0811. The molecule has 10 heteroatoms. The SMILES string of the molecule is O=C(Cn1cc(CN2C(=O)C(=O)c3cc(Br)ccc32)nn1)c1nc2ccccc2s1. The van der Waals surface area contributed by atoms with E-state index in [1.165, 1.54) is 20.9 Å². The Morgan fingerprint density at radius 2 is 1.97 bits per heavy atom. The molecule has 4 aromatic rings. The first-order valence-electron chi connectivity index (χ1n) is 8.93. The maximum Gasteiger partial charge on any atom is 0.299 e. The number of hydrogen-bond acceptors (Lipinski definition) is 7. The highest BCUT2D eigenvalue weighted by atomic mass is 79.9. The lowest BCUT2D eigenvalue weighted by molar-refractivity contribution is -0.114. The van der Waals surface area contributed by atoms with Crippen molar-refractivity contribution in [1.29, 1.82) is 0 Å². The van der Waals surface area contributed by atoms with Gasteiger partial charge in [-0.05, 0) is 30.3 Å². The van der Waals surface area contributed by atoms with E-state index >= 15 is 0 Å². The van der Waals surface area contributed by atoms with Gasteiger partial charge < -0.3 is 0 Å². The number of carbonyl (C=O) groups is 3. The van der Waals surface area contributed by atoms with Crippen molar-refractivity contribution in [3.8, 4) is 0 Å². The molecule has 1 aliphatic rings. The Labute approximate surface area is 182 Å². The fourth-order valence-electron chi connectivity index (χ4n) is 3.29. The number of thiazole rings is 1. The third kappa shape index (κ3) is 3.23. The molecule has 1 amide bonds. The first-order valence-corrected chi connectivity index (χ1v) is 10.5. The number of carbonyl (C=O) groups excluding carboxylic acids is 3.